The maximum atomic E-state index is 5.82. The Morgan fingerprint density at radius 1 is 1.43 bits per heavy atom. The first-order valence-electron chi connectivity index (χ1n) is 6.13. The Kier molecular flexibility index (Phi) is 4.90. The molecule has 0 aromatic carbocycles. The summed E-state index contributed by atoms with van der Waals surface area (Å²) in [5.74, 6) is 1.74. The molecule has 0 amide bonds. The van der Waals surface area contributed by atoms with E-state index in [1.54, 1.807) is 0 Å². The third-order valence-electron chi connectivity index (χ3n) is 3.61. The van der Waals surface area contributed by atoms with Crippen molar-refractivity contribution in [3.05, 3.63) is 0 Å². The van der Waals surface area contributed by atoms with Gasteiger partial charge in [-0.1, -0.05) is 27.2 Å². The van der Waals surface area contributed by atoms with Crippen LogP contribution in [0.1, 0.15) is 40.0 Å². The molecule has 0 aromatic heterocycles. The van der Waals surface area contributed by atoms with Crippen LogP contribution in [0.3, 0.4) is 0 Å². The van der Waals surface area contributed by atoms with Crippen LogP contribution < -0.4 is 5.73 Å². The van der Waals surface area contributed by atoms with Gasteiger partial charge in [-0.15, -0.1) is 0 Å². The van der Waals surface area contributed by atoms with Gasteiger partial charge in [0.2, 0.25) is 0 Å². The molecule has 1 fully saturated rings. The van der Waals surface area contributed by atoms with Crippen LogP contribution in [0.5, 0.6) is 0 Å². The zero-order valence-electron chi connectivity index (χ0n) is 10.00. The zero-order chi connectivity index (χ0) is 10.6. The fourth-order valence-corrected chi connectivity index (χ4v) is 2.47. The van der Waals surface area contributed by atoms with Crippen molar-refractivity contribution in [2.24, 2.45) is 17.6 Å². The van der Waals surface area contributed by atoms with Crippen LogP contribution in [0.15, 0.2) is 0 Å². The summed E-state index contributed by atoms with van der Waals surface area (Å²) in [7, 11) is 0. The quantitative estimate of drug-likeness (QED) is 0.733. The van der Waals surface area contributed by atoms with Gasteiger partial charge in [0.05, 0.1) is 0 Å². The van der Waals surface area contributed by atoms with E-state index in [1.807, 2.05) is 0 Å². The number of hydrogen-bond donors (Lipinski definition) is 1. The number of nitrogens with zero attached hydrogens (tertiary/aromatic N) is 1. The molecule has 2 heteroatoms. The van der Waals surface area contributed by atoms with E-state index in [4.69, 9.17) is 5.73 Å². The SMILES string of the molecule is CCCC(CN)N1CCC(C(C)C)C1. The Balaban J connectivity index is 2.39. The number of likely N-dealkylation sites (tertiary alicyclic amines) is 1. The number of hydrogen-bond acceptors (Lipinski definition) is 2. The second kappa shape index (κ2) is 5.72. The van der Waals surface area contributed by atoms with E-state index in [1.165, 1.54) is 32.4 Å². The molecular formula is C12H26N2. The van der Waals surface area contributed by atoms with Gasteiger partial charge in [-0.2, -0.15) is 0 Å². The highest BCUT2D eigenvalue weighted by atomic mass is 15.2. The van der Waals surface area contributed by atoms with Crippen molar-refractivity contribution in [1.29, 1.82) is 0 Å². The molecule has 1 rings (SSSR count). The minimum atomic E-state index is 0.642. The molecule has 1 aliphatic rings. The Morgan fingerprint density at radius 2 is 2.14 bits per heavy atom. The molecule has 0 radical (unpaired) electrons. The van der Waals surface area contributed by atoms with Gasteiger partial charge < -0.3 is 5.73 Å². The average molecular weight is 198 g/mol. The van der Waals surface area contributed by atoms with Crippen molar-refractivity contribution in [2.45, 2.75) is 46.1 Å². The molecule has 0 saturated carbocycles. The van der Waals surface area contributed by atoms with Crippen LogP contribution >= 0.6 is 0 Å². The van der Waals surface area contributed by atoms with Gasteiger partial charge in [-0.25, -0.2) is 0 Å². The van der Waals surface area contributed by atoms with Crippen LogP contribution in [-0.4, -0.2) is 30.6 Å². The first kappa shape index (κ1) is 12.0. The molecule has 0 aromatic rings. The van der Waals surface area contributed by atoms with E-state index in [9.17, 15) is 0 Å². The molecule has 0 spiro atoms. The average Bonchev–Trinajstić information content (AvgIpc) is 2.63. The van der Waals surface area contributed by atoms with Gasteiger partial charge in [0, 0.05) is 19.1 Å². The summed E-state index contributed by atoms with van der Waals surface area (Å²) in [6.45, 7) is 10.3. The number of rotatable bonds is 5. The van der Waals surface area contributed by atoms with Gasteiger partial charge in [0.15, 0.2) is 0 Å². The second-order valence-corrected chi connectivity index (χ2v) is 4.97. The van der Waals surface area contributed by atoms with Gasteiger partial charge in [0.25, 0.3) is 0 Å². The predicted octanol–water partition coefficient (Wildman–Crippen LogP) is 2.09. The largest absolute Gasteiger partial charge is 0.329 e. The Labute approximate surface area is 88.8 Å². The van der Waals surface area contributed by atoms with Crippen molar-refractivity contribution in [1.82, 2.24) is 4.90 Å². The molecule has 1 heterocycles. The lowest BCUT2D eigenvalue weighted by molar-refractivity contribution is 0.218. The molecule has 2 unspecified atom stereocenters. The lowest BCUT2D eigenvalue weighted by Gasteiger charge is -2.26. The van der Waals surface area contributed by atoms with Crippen LogP contribution in [0.25, 0.3) is 0 Å². The summed E-state index contributed by atoms with van der Waals surface area (Å²) in [5, 5.41) is 0. The lowest BCUT2D eigenvalue weighted by Crippen LogP contribution is -2.39. The highest BCUT2D eigenvalue weighted by Crippen LogP contribution is 2.25. The normalized spacial score (nSPS) is 25.9. The van der Waals surface area contributed by atoms with E-state index in [-0.39, 0.29) is 0 Å². The molecule has 2 N–H and O–H groups in total. The van der Waals surface area contributed by atoms with Crippen LogP contribution in [0, 0.1) is 11.8 Å². The van der Waals surface area contributed by atoms with Crippen molar-refractivity contribution < 1.29 is 0 Å². The molecule has 1 aliphatic heterocycles. The van der Waals surface area contributed by atoms with Crippen molar-refractivity contribution in [3.63, 3.8) is 0 Å². The molecule has 0 bridgehead atoms. The molecule has 1 saturated heterocycles. The highest BCUT2D eigenvalue weighted by Gasteiger charge is 2.28. The molecule has 2 atom stereocenters. The fraction of sp³-hybridized carbons (Fsp3) is 1.00. The maximum absolute atomic E-state index is 5.82. The van der Waals surface area contributed by atoms with E-state index in [2.05, 4.69) is 25.7 Å². The summed E-state index contributed by atoms with van der Waals surface area (Å²) in [4.78, 5) is 2.61. The lowest BCUT2D eigenvalue weighted by atomic mass is 9.95. The van der Waals surface area contributed by atoms with Gasteiger partial charge in [-0.3, -0.25) is 4.90 Å². The van der Waals surface area contributed by atoms with E-state index in [0.29, 0.717) is 6.04 Å². The topological polar surface area (TPSA) is 29.3 Å². The Hall–Kier alpha value is -0.0800. The molecule has 2 nitrogen and oxygen atoms in total. The van der Waals surface area contributed by atoms with Crippen molar-refractivity contribution in [3.8, 4) is 0 Å². The second-order valence-electron chi connectivity index (χ2n) is 4.97. The summed E-state index contributed by atoms with van der Waals surface area (Å²) in [6, 6.07) is 0.642. The van der Waals surface area contributed by atoms with Crippen molar-refractivity contribution >= 4 is 0 Å². The van der Waals surface area contributed by atoms with Crippen LogP contribution in [0.4, 0.5) is 0 Å². The molecular weight excluding hydrogens is 172 g/mol. The number of nitrogens with two attached hydrogens (primary N) is 1. The van der Waals surface area contributed by atoms with E-state index < -0.39 is 0 Å². The van der Waals surface area contributed by atoms with Crippen LogP contribution in [-0.2, 0) is 0 Å². The van der Waals surface area contributed by atoms with E-state index >= 15 is 0 Å². The monoisotopic (exact) mass is 198 g/mol. The summed E-state index contributed by atoms with van der Waals surface area (Å²) < 4.78 is 0. The molecule has 0 aliphatic carbocycles. The highest BCUT2D eigenvalue weighted by molar-refractivity contribution is 4.83. The minimum absolute atomic E-state index is 0.642. The Morgan fingerprint density at radius 3 is 2.57 bits per heavy atom. The third-order valence-corrected chi connectivity index (χ3v) is 3.61. The van der Waals surface area contributed by atoms with Gasteiger partial charge >= 0.3 is 0 Å². The summed E-state index contributed by atoms with van der Waals surface area (Å²) >= 11 is 0. The van der Waals surface area contributed by atoms with E-state index in [0.717, 1.165) is 18.4 Å². The minimum Gasteiger partial charge on any atom is -0.329 e. The fourth-order valence-electron chi connectivity index (χ4n) is 2.47. The Bertz CT molecular complexity index is 156. The predicted molar refractivity (Wildman–Crippen MR) is 62.3 cm³/mol. The zero-order valence-corrected chi connectivity index (χ0v) is 10.00. The first-order chi connectivity index (χ1) is 6.69. The first-order valence-corrected chi connectivity index (χ1v) is 6.13. The maximum Gasteiger partial charge on any atom is 0.0218 e. The van der Waals surface area contributed by atoms with Crippen molar-refractivity contribution in [2.75, 3.05) is 19.6 Å². The third kappa shape index (κ3) is 2.96. The molecule has 84 valence electrons. The standard InChI is InChI=1S/C12H26N2/c1-4-5-12(8-13)14-7-6-11(9-14)10(2)3/h10-12H,4-9,13H2,1-3H3. The smallest absolute Gasteiger partial charge is 0.0218 e. The van der Waals surface area contributed by atoms with Gasteiger partial charge in [0.1, 0.15) is 0 Å². The van der Waals surface area contributed by atoms with Gasteiger partial charge in [-0.05, 0) is 31.2 Å². The summed E-state index contributed by atoms with van der Waals surface area (Å²) in [5.41, 5.74) is 5.82. The molecule has 14 heavy (non-hydrogen) atoms. The summed E-state index contributed by atoms with van der Waals surface area (Å²) in [6.07, 6.45) is 3.89. The van der Waals surface area contributed by atoms with Crippen LogP contribution in [0.2, 0.25) is 0 Å².